The van der Waals surface area contributed by atoms with E-state index in [1.165, 1.54) is 5.19 Å². The van der Waals surface area contributed by atoms with Gasteiger partial charge in [-0.05, 0) is 47.0 Å². The van der Waals surface area contributed by atoms with Crippen LogP contribution in [0, 0.1) is 5.92 Å². The van der Waals surface area contributed by atoms with Crippen molar-refractivity contribution in [2.24, 2.45) is 5.92 Å². The van der Waals surface area contributed by atoms with Crippen molar-refractivity contribution in [3.8, 4) is 5.75 Å². The lowest BCUT2D eigenvalue weighted by molar-refractivity contribution is -0.150. The largest absolute Gasteiger partial charge is 0.497 e. The van der Waals surface area contributed by atoms with Crippen LogP contribution >= 0.6 is 0 Å². The lowest BCUT2D eigenvalue weighted by Crippen LogP contribution is -2.52. The number of carbonyl (C=O) groups excluding carboxylic acids is 3. The molecule has 11 heteroatoms. The normalized spacial score (nSPS) is 22.3. The molecular weight excluding hydrogens is 687 g/mol. The Morgan fingerprint density at radius 2 is 1.64 bits per heavy atom. The number of benzene rings is 4. The van der Waals surface area contributed by atoms with E-state index in [1.807, 2.05) is 95.9 Å². The molecule has 3 heterocycles. The zero-order valence-electron chi connectivity index (χ0n) is 30.7. The number of ether oxygens (including phenoxy) is 3. The Balaban J connectivity index is 1.24. The number of rotatable bonds is 12. The van der Waals surface area contributed by atoms with Gasteiger partial charge in [0.05, 0.1) is 53.1 Å². The molecule has 1 N–H and O–H groups in total. The molecule has 4 atom stereocenters. The highest BCUT2D eigenvalue weighted by molar-refractivity contribution is 6.91. The summed E-state index contributed by atoms with van der Waals surface area (Å²) in [6.45, 7) is 8.28. The number of anilines is 2. The first-order valence-corrected chi connectivity index (χ1v) is 21.4. The molecule has 0 saturated carbocycles. The minimum Gasteiger partial charge on any atom is -0.497 e. The topological polar surface area (TPSA) is 109 Å². The van der Waals surface area contributed by atoms with E-state index in [1.54, 1.807) is 16.9 Å². The average molecular weight is 734 g/mol. The van der Waals surface area contributed by atoms with Crippen LogP contribution in [0.25, 0.3) is 0 Å². The van der Waals surface area contributed by atoms with Gasteiger partial charge >= 0.3 is 6.09 Å². The minimum absolute atomic E-state index is 0.0754. The van der Waals surface area contributed by atoms with Crippen molar-refractivity contribution >= 4 is 42.5 Å². The maximum Gasteiger partial charge on any atom is 0.414 e. The van der Waals surface area contributed by atoms with E-state index < -0.39 is 19.8 Å². The molecule has 0 aliphatic carbocycles. The maximum absolute atomic E-state index is 15.1. The fourth-order valence-corrected chi connectivity index (χ4v) is 12.7. The lowest BCUT2D eigenvalue weighted by atomic mass is 9.82. The molecular formula is C42H47N3O7Si. The molecule has 2 saturated heterocycles. The van der Waals surface area contributed by atoms with E-state index in [2.05, 4.69) is 32.2 Å². The number of fused-ring (bicyclic) bond motifs is 2. The average Bonchev–Trinajstić information content (AvgIpc) is 3.81. The van der Waals surface area contributed by atoms with Crippen LogP contribution in [-0.2, 0) is 37.8 Å². The fourth-order valence-electron chi connectivity index (χ4n) is 8.73. The van der Waals surface area contributed by atoms with Crippen LogP contribution in [0.4, 0.5) is 16.2 Å². The summed E-state index contributed by atoms with van der Waals surface area (Å²) in [6.07, 6.45) is -0.847. The van der Waals surface area contributed by atoms with E-state index in [0.717, 1.165) is 33.8 Å². The minimum atomic E-state index is -2.48. The third-order valence-electron chi connectivity index (χ3n) is 11.4. The predicted molar refractivity (Wildman–Crippen MR) is 206 cm³/mol. The van der Waals surface area contributed by atoms with Gasteiger partial charge in [0, 0.05) is 30.3 Å². The molecule has 3 aliphatic heterocycles. The molecule has 4 aromatic rings. The van der Waals surface area contributed by atoms with Gasteiger partial charge in [-0.2, -0.15) is 0 Å². The summed E-state index contributed by atoms with van der Waals surface area (Å²) in [4.78, 5) is 46.7. The standard InChI is InChI=1S/C42H47N3O7Si/c1-29-39(53(3,4)34-20-18-33(50-2)19-21-34)37(26-38(47)43(22-24-46)27-30-10-6-5-7-11-30)52-42(29)35-12-8-9-13-36(35)45(40(42)48)28-31-14-16-32(17-15-31)44-23-25-51-41(44)49/h5-21,29,37,39,46H,22-28H2,1-4H3/t29-,37+,39-,42+/m1/s1. The number of methoxy groups -OCH3 is 1. The highest BCUT2D eigenvalue weighted by Gasteiger charge is 2.66. The number of aliphatic hydroxyl groups is 1. The quantitative estimate of drug-likeness (QED) is 0.183. The van der Waals surface area contributed by atoms with Crippen LogP contribution < -0.4 is 19.7 Å². The smallest absolute Gasteiger partial charge is 0.414 e. The van der Waals surface area contributed by atoms with Gasteiger partial charge in [0.25, 0.3) is 5.91 Å². The molecule has 10 nitrogen and oxygen atoms in total. The van der Waals surface area contributed by atoms with Crippen molar-refractivity contribution in [3.63, 3.8) is 0 Å². The van der Waals surface area contributed by atoms with Crippen LogP contribution in [0.2, 0.25) is 18.6 Å². The number of cyclic esters (lactones) is 1. The van der Waals surface area contributed by atoms with Crippen LogP contribution in [0.3, 0.4) is 0 Å². The van der Waals surface area contributed by atoms with Crippen molar-refractivity contribution in [2.45, 2.75) is 56.8 Å². The van der Waals surface area contributed by atoms with Crippen LogP contribution in [0.15, 0.2) is 103 Å². The summed E-state index contributed by atoms with van der Waals surface area (Å²) >= 11 is 0. The van der Waals surface area contributed by atoms with Crippen molar-refractivity contribution in [3.05, 3.63) is 120 Å². The van der Waals surface area contributed by atoms with E-state index in [9.17, 15) is 14.7 Å². The Kier molecular flexibility index (Phi) is 10.2. The summed E-state index contributed by atoms with van der Waals surface area (Å²) in [7, 11) is -0.833. The number of aliphatic hydroxyl groups excluding tert-OH is 1. The van der Waals surface area contributed by atoms with Crippen molar-refractivity contribution in [2.75, 3.05) is 43.2 Å². The number of nitrogens with zero attached hydrogens (tertiary/aromatic N) is 3. The van der Waals surface area contributed by atoms with Crippen molar-refractivity contribution < 1.29 is 33.7 Å². The van der Waals surface area contributed by atoms with Gasteiger partial charge in [-0.15, -0.1) is 0 Å². The number of para-hydroxylation sites is 1. The Morgan fingerprint density at radius 1 is 0.943 bits per heavy atom. The molecule has 2 fully saturated rings. The van der Waals surface area contributed by atoms with Gasteiger partial charge in [0.2, 0.25) is 5.91 Å². The Bertz CT molecular complexity index is 1960. The number of carbonyl (C=O) groups is 3. The zero-order valence-corrected chi connectivity index (χ0v) is 31.7. The molecule has 0 radical (unpaired) electrons. The van der Waals surface area contributed by atoms with Gasteiger partial charge in [0.15, 0.2) is 5.60 Å². The van der Waals surface area contributed by atoms with Crippen LogP contribution in [0.1, 0.15) is 30.0 Å². The first-order valence-electron chi connectivity index (χ1n) is 18.3. The molecule has 3 amide bonds. The maximum atomic E-state index is 15.1. The molecule has 0 aromatic heterocycles. The van der Waals surface area contributed by atoms with Gasteiger partial charge in [0.1, 0.15) is 12.4 Å². The lowest BCUT2D eigenvalue weighted by Gasteiger charge is -2.37. The second kappa shape index (κ2) is 14.8. The Labute approximate surface area is 311 Å². The zero-order chi connectivity index (χ0) is 37.3. The third-order valence-corrected chi connectivity index (χ3v) is 15.8. The molecule has 276 valence electrons. The van der Waals surface area contributed by atoms with Crippen molar-refractivity contribution in [1.29, 1.82) is 0 Å². The molecule has 4 aromatic carbocycles. The summed E-state index contributed by atoms with van der Waals surface area (Å²) in [5.41, 5.74) is 2.80. The Morgan fingerprint density at radius 3 is 2.30 bits per heavy atom. The second-order valence-corrected chi connectivity index (χ2v) is 19.4. The third kappa shape index (κ3) is 6.62. The number of hydrogen-bond acceptors (Lipinski definition) is 7. The van der Waals surface area contributed by atoms with E-state index in [4.69, 9.17) is 14.2 Å². The van der Waals surface area contributed by atoms with E-state index >= 15 is 4.79 Å². The first kappa shape index (κ1) is 36.4. The SMILES string of the molecule is COc1ccc([Si](C)(C)[C@H]2[C@H](CC(=O)N(CCO)Cc3ccccc3)O[C@@]3(C(=O)N(Cc4ccc(N5CCOC5=O)cc4)c4ccccc43)[C@@H]2C)cc1. The predicted octanol–water partition coefficient (Wildman–Crippen LogP) is 5.83. The summed E-state index contributed by atoms with van der Waals surface area (Å²) in [6, 6.07) is 33.4. The highest BCUT2D eigenvalue weighted by Crippen LogP contribution is 2.60. The summed E-state index contributed by atoms with van der Waals surface area (Å²) in [5, 5.41) is 11.2. The van der Waals surface area contributed by atoms with Gasteiger partial charge in [-0.25, -0.2) is 4.79 Å². The number of hydrogen-bond donors (Lipinski definition) is 1. The van der Waals surface area contributed by atoms with Crippen LogP contribution in [-0.4, -0.2) is 75.5 Å². The molecule has 53 heavy (non-hydrogen) atoms. The van der Waals surface area contributed by atoms with E-state index in [0.29, 0.717) is 26.2 Å². The molecule has 7 rings (SSSR count). The molecule has 0 bridgehead atoms. The van der Waals surface area contributed by atoms with E-state index in [-0.39, 0.29) is 48.9 Å². The van der Waals surface area contributed by atoms with Gasteiger partial charge < -0.3 is 29.1 Å². The summed E-state index contributed by atoms with van der Waals surface area (Å²) in [5.74, 6) is 0.224. The van der Waals surface area contributed by atoms with Gasteiger partial charge in [-0.3, -0.25) is 14.5 Å². The molecule has 3 aliphatic rings. The van der Waals surface area contributed by atoms with Crippen molar-refractivity contribution in [1.82, 2.24) is 4.90 Å². The monoisotopic (exact) mass is 733 g/mol. The highest BCUT2D eigenvalue weighted by atomic mass is 28.3. The Hall–Kier alpha value is -4.97. The van der Waals surface area contributed by atoms with Crippen LogP contribution in [0.5, 0.6) is 5.75 Å². The second-order valence-electron chi connectivity index (χ2n) is 14.7. The first-order chi connectivity index (χ1) is 25.6. The fraction of sp³-hybridized carbons (Fsp3) is 0.357. The van der Waals surface area contributed by atoms with Gasteiger partial charge in [-0.1, -0.05) is 98.0 Å². The summed E-state index contributed by atoms with van der Waals surface area (Å²) < 4.78 is 17.8. The number of amides is 3. The molecule has 1 spiro atoms. The molecule has 0 unspecified atom stereocenters.